The maximum Gasteiger partial charge on any atom is 0.332 e. The topological polar surface area (TPSA) is 63.5 Å². The SMILES string of the molecule is C=N/C(=C(\N=C(CC)N(CCCCOCC(=O)OCC)C(C)C)C1CCC=CC1C)C1C=CC=CC1. The van der Waals surface area contributed by atoms with Gasteiger partial charge in [0, 0.05) is 37.5 Å². The molecule has 0 radical (unpaired) electrons. The lowest BCUT2D eigenvalue weighted by Gasteiger charge is -2.33. The van der Waals surface area contributed by atoms with E-state index in [1.54, 1.807) is 6.92 Å². The van der Waals surface area contributed by atoms with Crippen molar-refractivity contribution in [1.82, 2.24) is 4.90 Å². The lowest BCUT2D eigenvalue weighted by atomic mass is 9.80. The van der Waals surface area contributed by atoms with Crippen molar-refractivity contribution >= 4 is 18.5 Å². The van der Waals surface area contributed by atoms with Crippen LogP contribution < -0.4 is 0 Å². The normalized spacial score (nSPS) is 22.5. The Morgan fingerprint density at radius 3 is 2.56 bits per heavy atom. The third kappa shape index (κ3) is 9.20. The van der Waals surface area contributed by atoms with Crippen molar-refractivity contribution in [2.24, 2.45) is 27.7 Å². The van der Waals surface area contributed by atoms with Gasteiger partial charge in [0.1, 0.15) is 12.4 Å². The van der Waals surface area contributed by atoms with E-state index in [4.69, 9.17) is 14.5 Å². The highest BCUT2D eigenvalue weighted by Crippen LogP contribution is 2.37. The number of rotatable bonds is 14. The molecule has 0 aliphatic heterocycles. The highest BCUT2D eigenvalue weighted by atomic mass is 16.6. The number of esters is 1. The standard InChI is InChI=1S/C30H47N3O3/c1-7-27(33(23(3)4)20-14-15-21-35-22-28(34)36-8-2)32-30(26-19-13-12-16-24(26)5)29(31-6)25-17-10-9-11-18-25/h9-12,16-17,23-26H,6-8,13-15,18-22H2,1-5H3/b30-29-,32-27?. The minimum Gasteiger partial charge on any atom is -0.464 e. The summed E-state index contributed by atoms with van der Waals surface area (Å²) in [6.45, 7) is 16.5. The van der Waals surface area contributed by atoms with Gasteiger partial charge in [-0.1, -0.05) is 50.3 Å². The van der Waals surface area contributed by atoms with Crippen LogP contribution in [0, 0.1) is 17.8 Å². The summed E-state index contributed by atoms with van der Waals surface area (Å²) in [6.07, 6.45) is 19.0. The Bertz CT molecular complexity index is 854. The second-order valence-electron chi connectivity index (χ2n) is 9.79. The molecule has 0 aromatic heterocycles. The number of hydrogen-bond donors (Lipinski definition) is 0. The monoisotopic (exact) mass is 497 g/mol. The highest BCUT2D eigenvalue weighted by molar-refractivity contribution is 5.83. The Labute approximate surface area is 218 Å². The summed E-state index contributed by atoms with van der Waals surface area (Å²) in [6, 6.07) is 0.326. The third-order valence-electron chi connectivity index (χ3n) is 6.82. The van der Waals surface area contributed by atoms with Gasteiger partial charge in [0.05, 0.1) is 18.0 Å². The molecule has 3 unspecified atom stereocenters. The molecule has 36 heavy (non-hydrogen) atoms. The molecule has 200 valence electrons. The Balaban J connectivity index is 2.23. The first-order valence-corrected chi connectivity index (χ1v) is 13.7. The van der Waals surface area contributed by atoms with Crippen LogP contribution in [0.5, 0.6) is 0 Å². The summed E-state index contributed by atoms with van der Waals surface area (Å²) in [5, 5.41) is 0. The fourth-order valence-electron chi connectivity index (χ4n) is 4.89. The van der Waals surface area contributed by atoms with E-state index < -0.39 is 0 Å². The van der Waals surface area contributed by atoms with Crippen molar-refractivity contribution in [2.45, 2.75) is 79.2 Å². The first kappa shape index (κ1) is 29.8. The van der Waals surface area contributed by atoms with Crippen LogP contribution in [-0.4, -0.2) is 55.8 Å². The van der Waals surface area contributed by atoms with E-state index in [0.717, 1.165) is 62.3 Å². The van der Waals surface area contributed by atoms with Crippen molar-refractivity contribution in [3.63, 3.8) is 0 Å². The summed E-state index contributed by atoms with van der Waals surface area (Å²) in [7, 11) is 0. The van der Waals surface area contributed by atoms with Gasteiger partial charge in [-0.05, 0) is 65.5 Å². The van der Waals surface area contributed by atoms with Gasteiger partial charge in [-0.15, -0.1) is 0 Å². The molecule has 0 saturated heterocycles. The molecular weight excluding hydrogens is 450 g/mol. The molecule has 3 atom stereocenters. The van der Waals surface area contributed by atoms with Crippen molar-refractivity contribution < 1.29 is 14.3 Å². The Kier molecular flexibility index (Phi) is 13.5. The van der Waals surface area contributed by atoms with E-state index >= 15 is 0 Å². The van der Waals surface area contributed by atoms with Gasteiger partial charge in [-0.25, -0.2) is 9.79 Å². The minimum absolute atomic E-state index is 0.0215. The second-order valence-corrected chi connectivity index (χ2v) is 9.79. The first-order chi connectivity index (χ1) is 17.4. The third-order valence-corrected chi connectivity index (χ3v) is 6.82. The average Bonchev–Trinajstić information content (AvgIpc) is 2.87. The van der Waals surface area contributed by atoms with E-state index in [1.165, 1.54) is 0 Å². The quantitative estimate of drug-likeness (QED) is 0.0902. The molecule has 6 nitrogen and oxygen atoms in total. The number of hydrogen-bond acceptors (Lipinski definition) is 5. The van der Waals surface area contributed by atoms with Crippen LogP contribution in [0.1, 0.15) is 73.1 Å². The van der Waals surface area contributed by atoms with Crippen LogP contribution in [-0.2, 0) is 14.3 Å². The number of amidine groups is 1. The Morgan fingerprint density at radius 2 is 1.94 bits per heavy atom. The molecule has 2 rings (SSSR count). The van der Waals surface area contributed by atoms with Crippen LogP contribution >= 0.6 is 0 Å². The average molecular weight is 498 g/mol. The largest absolute Gasteiger partial charge is 0.464 e. The van der Waals surface area contributed by atoms with Gasteiger partial charge in [0.25, 0.3) is 0 Å². The first-order valence-electron chi connectivity index (χ1n) is 13.7. The highest BCUT2D eigenvalue weighted by Gasteiger charge is 2.28. The minimum atomic E-state index is -0.303. The Hall–Kier alpha value is -2.47. The molecular formula is C30H47N3O3. The van der Waals surface area contributed by atoms with Gasteiger partial charge >= 0.3 is 5.97 Å². The molecule has 0 aromatic rings. The van der Waals surface area contributed by atoms with E-state index in [1.807, 2.05) is 0 Å². The number of carbonyl (C=O) groups is 1. The van der Waals surface area contributed by atoms with E-state index in [-0.39, 0.29) is 18.5 Å². The zero-order chi connectivity index (χ0) is 26.3. The van der Waals surface area contributed by atoms with Crippen molar-refractivity contribution in [2.75, 3.05) is 26.4 Å². The molecule has 0 aromatic carbocycles. The number of ether oxygens (including phenoxy) is 2. The van der Waals surface area contributed by atoms with Gasteiger partial charge in [0.15, 0.2) is 0 Å². The maximum absolute atomic E-state index is 11.5. The smallest absolute Gasteiger partial charge is 0.332 e. The molecule has 6 heteroatoms. The zero-order valence-corrected chi connectivity index (χ0v) is 23.1. The number of allylic oxidation sites excluding steroid dienone is 7. The lowest BCUT2D eigenvalue weighted by Crippen LogP contribution is -2.38. The Morgan fingerprint density at radius 1 is 1.14 bits per heavy atom. The molecule has 0 saturated carbocycles. The van der Waals surface area contributed by atoms with Crippen molar-refractivity contribution in [3.05, 3.63) is 47.9 Å². The summed E-state index contributed by atoms with van der Waals surface area (Å²) >= 11 is 0. The summed E-state index contributed by atoms with van der Waals surface area (Å²) < 4.78 is 10.4. The molecule has 0 spiro atoms. The molecule has 0 heterocycles. The zero-order valence-electron chi connectivity index (χ0n) is 23.1. The summed E-state index contributed by atoms with van der Waals surface area (Å²) in [5.41, 5.74) is 2.12. The molecule has 0 N–H and O–H groups in total. The van der Waals surface area contributed by atoms with Gasteiger partial charge < -0.3 is 14.4 Å². The van der Waals surface area contributed by atoms with Crippen LogP contribution in [0.15, 0.2) is 57.8 Å². The second kappa shape index (κ2) is 16.3. The lowest BCUT2D eigenvalue weighted by molar-refractivity contribution is -0.148. The predicted octanol–water partition coefficient (Wildman–Crippen LogP) is 6.51. The van der Waals surface area contributed by atoms with Crippen LogP contribution in [0.4, 0.5) is 0 Å². The van der Waals surface area contributed by atoms with Gasteiger partial charge in [0.2, 0.25) is 0 Å². The van der Waals surface area contributed by atoms with Crippen LogP contribution in [0.2, 0.25) is 0 Å². The molecule has 2 aliphatic rings. The summed E-state index contributed by atoms with van der Waals surface area (Å²) in [5.74, 6) is 1.76. The molecule has 0 amide bonds. The van der Waals surface area contributed by atoms with E-state index in [2.05, 4.69) is 80.8 Å². The summed E-state index contributed by atoms with van der Waals surface area (Å²) in [4.78, 5) is 23.8. The predicted molar refractivity (Wildman–Crippen MR) is 150 cm³/mol. The van der Waals surface area contributed by atoms with Crippen molar-refractivity contribution in [3.8, 4) is 0 Å². The number of aliphatic imine (C=N–C) groups is 2. The van der Waals surface area contributed by atoms with Gasteiger partial charge in [-0.3, -0.25) is 4.99 Å². The number of unbranched alkanes of at least 4 members (excludes halogenated alkanes) is 1. The van der Waals surface area contributed by atoms with Crippen LogP contribution in [0.25, 0.3) is 0 Å². The fourth-order valence-corrected chi connectivity index (χ4v) is 4.89. The van der Waals surface area contributed by atoms with Gasteiger partial charge in [-0.2, -0.15) is 0 Å². The number of nitrogens with zero attached hydrogens (tertiary/aromatic N) is 3. The molecule has 2 aliphatic carbocycles. The fraction of sp³-hybridized carbons (Fsp3) is 0.633. The van der Waals surface area contributed by atoms with E-state index in [0.29, 0.717) is 31.1 Å². The maximum atomic E-state index is 11.5. The van der Waals surface area contributed by atoms with E-state index in [9.17, 15) is 4.79 Å². The number of carbonyl (C=O) groups excluding carboxylic acids is 1. The van der Waals surface area contributed by atoms with Crippen LogP contribution in [0.3, 0.4) is 0 Å². The molecule has 0 fully saturated rings. The van der Waals surface area contributed by atoms with Crippen molar-refractivity contribution in [1.29, 1.82) is 0 Å². The molecule has 0 bridgehead atoms.